The van der Waals surface area contributed by atoms with Gasteiger partial charge in [0.15, 0.2) is 0 Å². The number of nitrogens with zero attached hydrogens (tertiary/aromatic N) is 3. The van der Waals surface area contributed by atoms with Gasteiger partial charge in [-0.2, -0.15) is 0 Å². The van der Waals surface area contributed by atoms with Gasteiger partial charge >= 0.3 is 0 Å². The van der Waals surface area contributed by atoms with E-state index in [9.17, 15) is 5.11 Å². The Labute approximate surface area is 108 Å². The third-order valence-electron chi connectivity index (χ3n) is 3.67. The summed E-state index contributed by atoms with van der Waals surface area (Å²) in [7, 11) is 0. The second kappa shape index (κ2) is 5.10. The van der Waals surface area contributed by atoms with E-state index in [1.165, 1.54) is 6.33 Å². The van der Waals surface area contributed by atoms with Crippen molar-refractivity contribution < 1.29 is 5.11 Å². The molecule has 1 atom stereocenters. The highest BCUT2D eigenvalue weighted by molar-refractivity contribution is 5.56. The van der Waals surface area contributed by atoms with Crippen LogP contribution in [-0.4, -0.2) is 33.8 Å². The van der Waals surface area contributed by atoms with Crippen LogP contribution >= 0.6 is 0 Å². The van der Waals surface area contributed by atoms with Crippen LogP contribution in [0.4, 0.5) is 11.6 Å². The smallest absolute Gasteiger partial charge is 0.137 e. The molecule has 18 heavy (non-hydrogen) atoms. The Morgan fingerprint density at radius 3 is 2.89 bits per heavy atom. The molecule has 3 N–H and O–H groups in total. The van der Waals surface area contributed by atoms with Gasteiger partial charge in [-0.3, -0.25) is 0 Å². The van der Waals surface area contributed by atoms with Crippen LogP contribution < -0.4 is 10.6 Å². The zero-order chi connectivity index (χ0) is 13.2. The Morgan fingerprint density at radius 1 is 1.39 bits per heavy atom. The predicted molar refractivity (Wildman–Crippen MR) is 72.5 cm³/mol. The summed E-state index contributed by atoms with van der Waals surface area (Å²) in [5, 5.41) is 10.1. The summed E-state index contributed by atoms with van der Waals surface area (Å²) in [6, 6.07) is 0. The Bertz CT molecular complexity index is 419. The molecule has 2 heterocycles. The minimum atomic E-state index is -0.556. The molecular formula is C13H22N4O. The minimum absolute atomic E-state index is 0.556. The Hall–Kier alpha value is -1.36. The Kier molecular flexibility index (Phi) is 3.71. The van der Waals surface area contributed by atoms with Gasteiger partial charge in [0, 0.05) is 18.7 Å². The van der Waals surface area contributed by atoms with E-state index in [1.54, 1.807) is 0 Å². The van der Waals surface area contributed by atoms with E-state index in [2.05, 4.69) is 21.8 Å². The van der Waals surface area contributed by atoms with Crippen molar-refractivity contribution in [1.29, 1.82) is 0 Å². The quantitative estimate of drug-likeness (QED) is 0.829. The van der Waals surface area contributed by atoms with Crippen molar-refractivity contribution in [2.75, 3.05) is 23.7 Å². The molecule has 5 heteroatoms. The van der Waals surface area contributed by atoms with Gasteiger partial charge in [0.05, 0.1) is 5.60 Å². The molecule has 5 nitrogen and oxygen atoms in total. The maximum Gasteiger partial charge on any atom is 0.137 e. The van der Waals surface area contributed by atoms with Gasteiger partial charge in [-0.25, -0.2) is 9.97 Å². The van der Waals surface area contributed by atoms with Crippen molar-refractivity contribution in [1.82, 2.24) is 9.97 Å². The molecular weight excluding hydrogens is 228 g/mol. The normalized spacial score (nSPS) is 24.9. The van der Waals surface area contributed by atoms with E-state index in [0.717, 1.165) is 50.2 Å². The molecule has 0 aromatic carbocycles. The van der Waals surface area contributed by atoms with Crippen LogP contribution in [0.5, 0.6) is 0 Å². The molecule has 0 saturated carbocycles. The fourth-order valence-corrected chi connectivity index (χ4v) is 2.50. The summed E-state index contributed by atoms with van der Waals surface area (Å²) in [6.45, 7) is 5.70. The third-order valence-corrected chi connectivity index (χ3v) is 3.67. The van der Waals surface area contributed by atoms with Crippen molar-refractivity contribution in [2.45, 2.75) is 45.1 Å². The molecule has 1 unspecified atom stereocenters. The Balaban J connectivity index is 2.24. The molecule has 1 aromatic heterocycles. The average molecular weight is 250 g/mol. The summed E-state index contributed by atoms with van der Waals surface area (Å²) in [4.78, 5) is 10.6. The number of hydrogen-bond donors (Lipinski definition) is 2. The predicted octanol–water partition coefficient (Wildman–Crippen LogP) is 1.36. The standard InChI is InChI=1S/C13H22N4O/c1-3-10-11(14)15-9-16-12(10)17-7-4-5-13(2,18)6-8-17/h9,18H,3-8H2,1-2H3,(H2,14,15,16). The highest BCUT2D eigenvalue weighted by Crippen LogP contribution is 2.27. The molecule has 1 fully saturated rings. The van der Waals surface area contributed by atoms with Crippen LogP contribution in [0.15, 0.2) is 6.33 Å². The number of aromatic nitrogens is 2. The first-order valence-electron chi connectivity index (χ1n) is 6.60. The SMILES string of the molecule is CCc1c(N)ncnc1N1CCCC(C)(O)CC1. The molecule has 1 aromatic rings. The molecule has 0 aliphatic carbocycles. The van der Waals surface area contributed by atoms with Crippen molar-refractivity contribution in [2.24, 2.45) is 0 Å². The van der Waals surface area contributed by atoms with E-state index in [4.69, 9.17) is 5.73 Å². The van der Waals surface area contributed by atoms with Gasteiger partial charge in [-0.15, -0.1) is 0 Å². The van der Waals surface area contributed by atoms with Crippen LogP contribution in [0, 0.1) is 0 Å². The van der Waals surface area contributed by atoms with E-state index in [-0.39, 0.29) is 0 Å². The lowest BCUT2D eigenvalue weighted by Gasteiger charge is -2.25. The fourth-order valence-electron chi connectivity index (χ4n) is 2.50. The maximum absolute atomic E-state index is 10.1. The fraction of sp³-hybridized carbons (Fsp3) is 0.692. The zero-order valence-electron chi connectivity index (χ0n) is 11.2. The molecule has 1 aliphatic rings. The molecule has 0 radical (unpaired) electrons. The van der Waals surface area contributed by atoms with E-state index in [1.807, 2.05) is 6.92 Å². The minimum Gasteiger partial charge on any atom is -0.390 e. The first-order chi connectivity index (χ1) is 8.53. The number of aliphatic hydroxyl groups is 1. The highest BCUT2D eigenvalue weighted by atomic mass is 16.3. The number of nitrogen functional groups attached to an aromatic ring is 1. The number of nitrogens with two attached hydrogens (primary N) is 1. The first kappa shape index (κ1) is 13.1. The largest absolute Gasteiger partial charge is 0.390 e. The molecule has 0 spiro atoms. The lowest BCUT2D eigenvalue weighted by Crippen LogP contribution is -2.29. The van der Waals surface area contributed by atoms with Gasteiger partial charge in [0.1, 0.15) is 18.0 Å². The molecule has 1 aliphatic heterocycles. The van der Waals surface area contributed by atoms with Crippen LogP contribution in [-0.2, 0) is 6.42 Å². The van der Waals surface area contributed by atoms with Gasteiger partial charge in [-0.05, 0) is 32.6 Å². The second-order valence-electron chi connectivity index (χ2n) is 5.25. The second-order valence-corrected chi connectivity index (χ2v) is 5.25. The number of anilines is 2. The lowest BCUT2D eigenvalue weighted by atomic mass is 9.98. The van der Waals surface area contributed by atoms with Crippen LogP contribution in [0.2, 0.25) is 0 Å². The summed E-state index contributed by atoms with van der Waals surface area (Å²) in [5.41, 5.74) is 6.36. The molecule has 1 saturated heterocycles. The summed E-state index contributed by atoms with van der Waals surface area (Å²) >= 11 is 0. The maximum atomic E-state index is 10.1. The van der Waals surface area contributed by atoms with Gasteiger partial charge in [0.2, 0.25) is 0 Å². The van der Waals surface area contributed by atoms with Gasteiger partial charge < -0.3 is 15.7 Å². The highest BCUT2D eigenvalue weighted by Gasteiger charge is 2.26. The number of rotatable bonds is 2. The molecule has 100 valence electrons. The van der Waals surface area contributed by atoms with Gasteiger partial charge in [0.25, 0.3) is 0 Å². The number of hydrogen-bond acceptors (Lipinski definition) is 5. The van der Waals surface area contributed by atoms with Crippen molar-refractivity contribution in [3.05, 3.63) is 11.9 Å². The van der Waals surface area contributed by atoms with E-state index in [0.29, 0.717) is 5.82 Å². The van der Waals surface area contributed by atoms with E-state index >= 15 is 0 Å². The van der Waals surface area contributed by atoms with Crippen molar-refractivity contribution >= 4 is 11.6 Å². The van der Waals surface area contributed by atoms with Gasteiger partial charge in [-0.1, -0.05) is 6.92 Å². The topological polar surface area (TPSA) is 75.3 Å². The summed E-state index contributed by atoms with van der Waals surface area (Å²) in [5.74, 6) is 1.50. The zero-order valence-corrected chi connectivity index (χ0v) is 11.2. The van der Waals surface area contributed by atoms with Crippen LogP contribution in [0.3, 0.4) is 0 Å². The summed E-state index contributed by atoms with van der Waals surface area (Å²) in [6.07, 6.45) is 4.92. The van der Waals surface area contributed by atoms with Crippen LogP contribution in [0.1, 0.15) is 38.7 Å². The third kappa shape index (κ3) is 2.72. The monoisotopic (exact) mass is 250 g/mol. The van der Waals surface area contributed by atoms with Crippen molar-refractivity contribution in [3.63, 3.8) is 0 Å². The summed E-state index contributed by atoms with van der Waals surface area (Å²) < 4.78 is 0. The van der Waals surface area contributed by atoms with E-state index < -0.39 is 5.60 Å². The molecule has 2 rings (SSSR count). The molecule has 0 bridgehead atoms. The lowest BCUT2D eigenvalue weighted by molar-refractivity contribution is 0.0481. The Morgan fingerprint density at radius 2 is 2.17 bits per heavy atom. The first-order valence-corrected chi connectivity index (χ1v) is 6.60. The molecule has 0 amide bonds. The van der Waals surface area contributed by atoms with Crippen LogP contribution in [0.25, 0.3) is 0 Å². The van der Waals surface area contributed by atoms with Crippen molar-refractivity contribution in [3.8, 4) is 0 Å². The average Bonchev–Trinajstić information content (AvgIpc) is 2.50.